The third-order valence-corrected chi connectivity index (χ3v) is 3.81. The van der Waals surface area contributed by atoms with Crippen molar-refractivity contribution in [1.82, 2.24) is 0 Å². The highest BCUT2D eigenvalue weighted by atomic mass is 32.2. The lowest BCUT2D eigenvalue weighted by molar-refractivity contribution is 0.373. The number of phenols is 1. The summed E-state index contributed by atoms with van der Waals surface area (Å²) < 4.78 is 27.6. The van der Waals surface area contributed by atoms with Crippen LogP contribution in [-0.2, 0) is 16.6 Å². The van der Waals surface area contributed by atoms with E-state index in [2.05, 4.69) is 5.32 Å². The molecular weight excluding hydrogens is 292 g/mol. The number of nitrogens with two attached hydrogens (primary N) is 1. The van der Waals surface area contributed by atoms with Gasteiger partial charge in [0, 0.05) is 12.2 Å². The monoisotopic (exact) mass is 308 g/mol. The molecule has 0 spiro atoms. The molecule has 0 fully saturated rings. The van der Waals surface area contributed by atoms with Gasteiger partial charge in [0.2, 0.25) is 10.0 Å². The number of benzene rings is 2. The van der Waals surface area contributed by atoms with E-state index < -0.39 is 10.0 Å². The minimum atomic E-state index is -3.72. The van der Waals surface area contributed by atoms with E-state index in [0.29, 0.717) is 18.0 Å². The summed E-state index contributed by atoms with van der Waals surface area (Å²) in [7, 11) is -2.24. The Balaban J connectivity index is 2.13. The minimum absolute atomic E-state index is 0.0517. The number of phenolic OH excluding ortho intramolecular Hbond substituents is 1. The van der Waals surface area contributed by atoms with Crippen molar-refractivity contribution in [3.8, 4) is 11.5 Å². The van der Waals surface area contributed by atoms with Crippen LogP contribution >= 0.6 is 0 Å². The zero-order valence-corrected chi connectivity index (χ0v) is 12.2. The molecule has 0 saturated carbocycles. The van der Waals surface area contributed by atoms with Crippen LogP contribution in [0.3, 0.4) is 0 Å². The highest BCUT2D eigenvalue weighted by Gasteiger charge is 2.08. The van der Waals surface area contributed by atoms with Gasteiger partial charge in [-0.3, -0.25) is 0 Å². The smallest absolute Gasteiger partial charge is 0.238 e. The Bertz CT molecular complexity index is 744. The lowest BCUT2D eigenvalue weighted by Crippen LogP contribution is -2.12. The van der Waals surface area contributed by atoms with Crippen molar-refractivity contribution in [3.05, 3.63) is 48.0 Å². The van der Waals surface area contributed by atoms with Crippen LogP contribution in [0.25, 0.3) is 0 Å². The van der Waals surface area contributed by atoms with Crippen LogP contribution in [0.4, 0.5) is 5.69 Å². The van der Waals surface area contributed by atoms with Crippen molar-refractivity contribution >= 4 is 15.7 Å². The molecule has 0 aliphatic heterocycles. The average molecular weight is 308 g/mol. The summed E-state index contributed by atoms with van der Waals surface area (Å²) in [5.74, 6) is 0.449. The third-order valence-electron chi connectivity index (χ3n) is 2.90. The first kappa shape index (κ1) is 15.1. The van der Waals surface area contributed by atoms with Crippen molar-refractivity contribution in [2.45, 2.75) is 11.4 Å². The first-order valence-electron chi connectivity index (χ1n) is 6.13. The van der Waals surface area contributed by atoms with Gasteiger partial charge in [-0.05, 0) is 35.9 Å². The molecule has 0 aliphatic rings. The Morgan fingerprint density at radius 1 is 1.24 bits per heavy atom. The maximum Gasteiger partial charge on any atom is 0.238 e. The number of methoxy groups -OCH3 is 1. The summed E-state index contributed by atoms with van der Waals surface area (Å²) >= 11 is 0. The predicted molar refractivity (Wildman–Crippen MR) is 79.8 cm³/mol. The van der Waals surface area contributed by atoms with E-state index in [4.69, 9.17) is 9.88 Å². The summed E-state index contributed by atoms with van der Waals surface area (Å²) in [4.78, 5) is 0.0517. The van der Waals surface area contributed by atoms with E-state index in [1.54, 1.807) is 24.3 Å². The van der Waals surface area contributed by atoms with Gasteiger partial charge in [-0.1, -0.05) is 12.1 Å². The normalized spacial score (nSPS) is 11.1. The Kier molecular flexibility index (Phi) is 4.35. The third kappa shape index (κ3) is 3.87. The molecule has 0 unspecified atom stereocenters. The predicted octanol–water partition coefficient (Wildman–Crippen LogP) is 1.66. The molecule has 7 heteroatoms. The number of anilines is 1. The second-order valence-electron chi connectivity index (χ2n) is 4.43. The van der Waals surface area contributed by atoms with Gasteiger partial charge in [0.05, 0.1) is 12.0 Å². The Hall–Kier alpha value is -2.25. The molecule has 21 heavy (non-hydrogen) atoms. The van der Waals surface area contributed by atoms with Crippen molar-refractivity contribution in [2.75, 3.05) is 12.4 Å². The lowest BCUT2D eigenvalue weighted by atomic mass is 10.2. The van der Waals surface area contributed by atoms with E-state index >= 15 is 0 Å². The van der Waals surface area contributed by atoms with Crippen LogP contribution in [0.15, 0.2) is 47.4 Å². The number of hydrogen-bond acceptors (Lipinski definition) is 5. The standard InChI is InChI=1S/C14H16N2O4S/c1-20-14-7-10(5-6-13(14)17)9-16-11-3-2-4-12(8-11)21(15,18)19/h2-8,16-17H,9H2,1H3,(H2,15,18,19). The number of primary sulfonamides is 1. The van der Waals surface area contributed by atoms with Gasteiger partial charge >= 0.3 is 0 Å². The molecule has 0 heterocycles. The SMILES string of the molecule is COc1cc(CNc2cccc(S(N)(=O)=O)c2)ccc1O. The average Bonchev–Trinajstić information content (AvgIpc) is 2.46. The zero-order valence-electron chi connectivity index (χ0n) is 11.4. The van der Waals surface area contributed by atoms with Gasteiger partial charge in [0.25, 0.3) is 0 Å². The molecule has 0 amide bonds. The van der Waals surface area contributed by atoms with Crippen LogP contribution < -0.4 is 15.2 Å². The summed E-state index contributed by atoms with van der Waals surface area (Å²) in [6, 6.07) is 11.2. The summed E-state index contributed by atoms with van der Waals surface area (Å²) in [6.07, 6.45) is 0. The molecule has 4 N–H and O–H groups in total. The molecule has 0 bridgehead atoms. The summed E-state index contributed by atoms with van der Waals surface area (Å²) in [6.45, 7) is 0.449. The number of nitrogens with one attached hydrogen (secondary N) is 1. The molecule has 0 saturated heterocycles. The fourth-order valence-electron chi connectivity index (χ4n) is 1.82. The van der Waals surface area contributed by atoms with E-state index in [1.165, 1.54) is 25.3 Å². The molecule has 2 rings (SSSR count). The molecule has 0 aliphatic carbocycles. The molecule has 0 aromatic heterocycles. The first-order chi connectivity index (χ1) is 9.90. The Labute approximate surface area is 123 Å². The second kappa shape index (κ2) is 6.02. The number of sulfonamides is 1. The van der Waals surface area contributed by atoms with Crippen molar-refractivity contribution in [1.29, 1.82) is 0 Å². The Morgan fingerprint density at radius 3 is 2.67 bits per heavy atom. The molecule has 0 atom stereocenters. The van der Waals surface area contributed by atoms with Crippen molar-refractivity contribution in [3.63, 3.8) is 0 Å². The highest BCUT2D eigenvalue weighted by molar-refractivity contribution is 7.89. The summed E-state index contributed by atoms with van der Waals surface area (Å²) in [5.41, 5.74) is 1.51. The van der Waals surface area contributed by atoms with Gasteiger partial charge < -0.3 is 15.2 Å². The number of rotatable bonds is 5. The topological polar surface area (TPSA) is 102 Å². The lowest BCUT2D eigenvalue weighted by Gasteiger charge is -2.10. The van der Waals surface area contributed by atoms with Gasteiger partial charge in [0.1, 0.15) is 0 Å². The van der Waals surface area contributed by atoms with Gasteiger partial charge in [0.15, 0.2) is 11.5 Å². The maximum absolute atomic E-state index is 11.3. The van der Waals surface area contributed by atoms with Crippen LogP contribution in [0.2, 0.25) is 0 Å². The van der Waals surface area contributed by atoms with E-state index in [0.717, 1.165) is 5.56 Å². The summed E-state index contributed by atoms with van der Waals surface area (Å²) in [5, 5.41) is 17.7. The van der Waals surface area contributed by atoms with Gasteiger partial charge in [-0.2, -0.15) is 0 Å². The quantitative estimate of drug-likeness (QED) is 0.779. The Morgan fingerprint density at radius 2 is 2.00 bits per heavy atom. The van der Waals surface area contributed by atoms with Gasteiger partial charge in [-0.25, -0.2) is 13.6 Å². The van der Waals surface area contributed by atoms with Crippen LogP contribution in [0.1, 0.15) is 5.56 Å². The molecule has 2 aromatic rings. The number of aromatic hydroxyl groups is 1. The molecule has 2 aromatic carbocycles. The maximum atomic E-state index is 11.3. The zero-order chi connectivity index (χ0) is 15.5. The number of hydrogen-bond donors (Lipinski definition) is 3. The van der Waals surface area contributed by atoms with Gasteiger partial charge in [-0.15, -0.1) is 0 Å². The van der Waals surface area contributed by atoms with E-state index in [1.807, 2.05) is 0 Å². The second-order valence-corrected chi connectivity index (χ2v) is 5.99. The van der Waals surface area contributed by atoms with Crippen LogP contribution in [0.5, 0.6) is 11.5 Å². The molecule has 6 nitrogen and oxygen atoms in total. The van der Waals surface area contributed by atoms with E-state index in [9.17, 15) is 13.5 Å². The van der Waals surface area contributed by atoms with Crippen molar-refractivity contribution < 1.29 is 18.3 Å². The fraction of sp³-hybridized carbons (Fsp3) is 0.143. The fourth-order valence-corrected chi connectivity index (χ4v) is 2.38. The molecular formula is C14H16N2O4S. The number of ether oxygens (including phenoxy) is 1. The van der Waals surface area contributed by atoms with Crippen LogP contribution in [0, 0.1) is 0 Å². The van der Waals surface area contributed by atoms with Crippen LogP contribution in [-0.4, -0.2) is 20.6 Å². The molecule has 112 valence electrons. The first-order valence-corrected chi connectivity index (χ1v) is 7.67. The largest absolute Gasteiger partial charge is 0.504 e. The highest BCUT2D eigenvalue weighted by Crippen LogP contribution is 2.26. The minimum Gasteiger partial charge on any atom is -0.504 e. The van der Waals surface area contributed by atoms with E-state index in [-0.39, 0.29) is 10.6 Å². The van der Waals surface area contributed by atoms with Crippen molar-refractivity contribution in [2.24, 2.45) is 5.14 Å². The molecule has 0 radical (unpaired) electrons.